The highest BCUT2D eigenvalue weighted by molar-refractivity contribution is 5.83. The highest BCUT2D eigenvalue weighted by Crippen LogP contribution is 2.30. The maximum absolute atomic E-state index is 11.6. The molecule has 17 heavy (non-hydrogen) atoms. The molecule has 94 valence electrons. The topological polar surface area (TPSA) is 40.5 Å². The van der Waals surface area contributed by atoms with E-state index in [9.17, 15) is 9.90 Å². The third-order valence-electron chi connectivity index (χ3n) is 3.69. The van der Waals surface area contributed by atoms with Crippen molar-refractivity contribution in [2.45, 2.75) is 39.2 Å². The van der Waals surface area contributed by atoms with E-state index in [1.807, 2.05) is 57.0 Å². The Balaban J connectivity index is 3.22. The molecule has 0 saturated heterocycles. The summed E-state index contributed by atoms with van der Waals surface area (Å²) in [5, 5.41) is 9.50. The summed E-state index contributed by atoms with van der Waals surface area (Å²) in [5.41, 5.74) is 1.27. The molecule has 0 unspecified atom stereocenters. The number of rotatable bonds is 5. The van der Waals surface area contributed by atoms with Gasteiger partial charge in [-0.3, -0.25) is 0 Å². The molecule has 1 aromatic carbocycles. The molecule has 0 aliphatic rings. The molecule has 0 aromatic heterocycles. The fraction of sp³-hybridized carbons (Fsp3) is 0.500. The van der Waals surface area contributed by atoms with Crippen LogP contribution in [0.3, 0.4) is 0 Å². The van der Waals surface area contributed by atoms with Gasteiger partial charge >= 0.3 is 5.97 Å². The minimum atomic E-state index is -0.813. The van der Waals surface area contributed by atoms with Crippen LogP contribution in [-0.4, -0.2) is 23.7 Å². The molecular weight excluding hydrogens is 214 g/mol. The first-order valence-electron chi connectivity index (χ1n) is 6.02. The van der Waals surface area contributed by atoms with E-state index in [2.05, 4.69) is 0 Å². The van der Waals surface area contributed by atoms with Gasteiger partial charge in [0.25, 0.3) is 0 Å². The van der Waals surface area contributed by atoms with E-state index in [1.165, 1.54) is 0 Å². The molecule has 1 aromatic rings. The Morgan fingerprint density at radius 1 is 1.29 bits per heavy atom. The first kappa shape index (κ1) is 13.6. The molecule has 0 aliphatic carbocycles. The zero-order chi connectivity index (χ0) is 13.1. The molecule has 0 radical (unpaired) electrons. The number of aliphatic carboxylic acids is 1. The summed E-state index contributed by atoms with van der Waals surface area (Å²) in [6.07, 6.45) is 1.17. The largest absolute Gasteiger partial charge is 0.479 e. The van der Waals surface area contributed by atoms with Gasteiger partial charge in [0.15, 0.2) is 0 Å². The van der Waals surface area contributed by atoms with E-state index < -0.39 is 11.5 Å². The number of para-hydroxylation sites is 1. The van der Waals surface area contributed by atoms with Gasteiger partial charge in [0.05, 0.1) is 0 Å². The molecule has 0 atom stereocenters. The van der Waals surface area contributed by atoms with Crippen molar-refractivity contribution in [3.05, 3.63) is 29.8 Å². The van der Waals surface area contributed by atoms with Gasteiger partial charge < -0.3 is 10.0 Å². The minimum Gasteiger partial charge on any atom is -0.479 e. The number of hydrogen-bond acceptors (Lipinski definition) is 2. The number of carbonyl (C=O) groups is 1. The average Bonchev–Trinajstić information content (AvgIpc) is 2.31. The number of aryl methyl sites for hydroxylation is 1. The Kier molecular flexibility index (Phi) is 4.16. The van der Waals surface area contributed by atoms with Crippen LogP contribution in [0.25, 0.3) is 0 Å². The van der Waals surface area contributed by atoms with Gasteiger partial charge in [-0.05, 0) is 31.4 Å². The fourth-order valence-electron chi connectivity index (χ4n) is 2.34. The molecule has 3 nitrogen and oxygen atoms in total. The number of benzene rings is 1. The van der Waals surface area contributed by atoms with Crippen LogP contribution < -0.4 is 4.90 Å². The molecule has 0 spiro atoms. The van der Waals surface area contributed by atoms with Crippen molar-refractivity contribution in [2.75, 3.05) is 11.9 Å². The highest BCUT2D eigenvalue weighted by Gasteiger charge is 2.39. The van der Waals surface area contributed by atoms with Crippen molar-refractivity contribution < 1.29 is 9.90 Å². The number of carboxylic acid groups (broad SMARTS) is 1. The van der Waals surface area contributed by atoms with E-state index in [1.54, 1.807) is 0 Å². The van der Waals surface area contributed by atoms with Gasteiger partial charge in [-0.1, -0.05) is 32.0 Å². The second-order valence-electron chi connectivity index (χ2n) is 4.39. The Bertz CT molecular complexity index is 397. The second-order valence-corrected chi connectivity index (χ2v) is 4.39. The van der Waals surface area contributed by atoms with Crippen molar-refractivity contribution in [3.63, 3.8) is 0 Å². The molecule has 1 rings (SSSR count). The van der Waals surface area contributed by atoms with Crippen LogP contribution in [0.4, 0.5) is 5.69 Å². The Hall–Kier alpha value is -1.51. The fourth-order valence-corrected chi connectivity index (χ4v) is 2.34. The van der Waals surface area contributed by atoms with E-state index in [0.29, 0.717) is 12.8 Å². The summed E-state index contributed by atoms with van der Waals surface area (Å²) >= 11 is 0. The Morgan fingerprint density at radius 2 is 1.82 bits per heavy atom. The summed E-state index contributed by atoms with van der Waals surface area (Å²) in [5.74, 6) is -0.756. The van der Waals surface area contributed by atoms with Crippen LogP contribution in [0, 0.1) is 6.92 Å². The van der Waals surface area contributed by atoms with Crippen molar-refractivity contribution in [2.24, 2.45) is 0 Å². The summed E-state index contributed by atoms with van der Waals surface area (Å²) in [6.45, 7) is 5.85. The van der Waals surface area contributed by atoms with Crippen molar-refractivity contribution in [1.29, 1.82) is 0 Å². The van der Waals surface area contributed by atoms with E-state index in [-0.39, 0.29) is 0 Å². The number of hydrogen-bond donors (Lipinski definition) is 1. The monoisotopic (exact) mass is 235 g/mol. The quantitative estimate of drug-likeness (QED) is 0.852. The summed E-state index contributed by atoms with van der Waals surface area (Å²) in [6, 6.07) is 7.88. The smallest absolute Gasteiger partial charge is 0.329 e. The Morgan fingerprint density at radius 3 is 2.24 bits per heavy atom. The SMILES string of the molecule is CCC(CC)(C(=O)O)N(C)c1ccccc1C. The molecule has 0 saturated carbocycles. The third-order valence-corrected chi connectivity index (χ3v) is 3.69. The molecule has 0 bridgehead atoms. The van der Waals surface area contributed by atoms with Crippen LogP contribution >= 0.6 is 0 Å². The molecule has 1 N–H and O–H groups in total. The van der Waals surface area contributed by atoms with Crippen molar-refractivity contribution in [1.82, 2.24) is 0 Å². The standard InChI is InChI=1S/C14H21NO2/c1-5-14(6-2,13(16)17)15(4)12-10-8-7-9-11(12)3/h7-10H,5-6H2,1-4H3,(H,16,17). The first-order chi connectivity index (χ1) is 7.99. The molecule has 0 fully saturated rings. The van der Waals surface area contributed by atoms with Crippen LogP contribution in [0.2, 0.25) is 0 Å². The van der Waals surface area contributed by atoms with Gasteiger partial charge in [0, 0.05) is 12.7 Å². The van der Waals surface area contributed by atoms with Gasteiger partial charge in [-0.2, -0.15) is 0 Å². The third kappa shape index (κ3) is 2.28. The summed E-state index contributed by atoms with van der Waals surface area (Å²) in [7, 11) is 1.86. The van der Waals surface area contributed by atoms with Crippen LogP contribution in [0.1, 0.15) is 32.3 Å². The first-order valence-corrected chi connectivity index (χ1v) is 6.02. The maximum atomic E-state index is 11.6. The van der Waals surface area contributed by atoms with E-state index in [0.717, 1.165) is 11.3 Å². The number of carboxylic acids is 1. The molecule has 0 amide bonds. The normalized spacial score (nSPS) is 11.3. The van der Waals surface area contributed by atoms with Gasteiger partial charge in [-0.25, -0.2) is 4.79 Å². The lowest BCUT2D eigenvalue weighted by Crippen LogP contribution is -2.52. The minimum absolute atomic E-state index is 0.587. The Labute approximate surface area is 103 Å². The number of likely N-dealkylation sites (N-methyl/N-ethyl adjacent to an activating group) is 1. The van der Waals surface area contributed by atoms with Crippen LogP contribution in [0.5, 0.6) is 0 Å². The van der Waals surface area contributed by atoms with Gasteiger partial charge in [-0.15, -0.1) is 0 Å². The zero-order valence-electron chi connectivity index (χ0n) is 11.0. The molecule has 0 heterocycles. The zero-order valence-corrected chi connectivity index (χ0v) is 11.0. The van der Waals surface area contributed by atoms with Crippen molar-refractivity contribution in [3.8, 4) is 0 Å². The van der Waals surface area contributed by atoms with Gasteiger partial charge in [0.1, 0.15) is 5.54 Å². The van der Waals surface area contributed by atoms with E-state index >= 15 is 0 Å². The number of nitrogens with zero attached hydrogens (tertiary/aromatic N) is 1. The van der Waals surface area contributed by atoms with Gasteiger partial charge in [0.2, 0.25) is 0 Å². The summed E-state index contributed by atoms with van der Waals surface area (Å²) < 4.78 is 0. The van der Waals surface area contributed by atoms with Crippen molar-refractivity contribution >= 4 is 11.7 Å². The molecular formula is C14H21NO2. The average molecular weight is 235 g/mol. The molecule has 3 heteroatoms. The summed E-state index contributed by atoms with van der Waals surface area (Å²) in [4.78, 5) is 13.5. The second kappa shape index (κ2) is 5.21. The predicted molar refractivity (Wildman–Crippen MR) is 70.5 cm³/mol. The highest BCUT2D eigenvalue weighted by atomic mass is 16.4. The molecule has 0 aliphatic heterocycles. The van der Waals surface area contributed by atoms with Crippen LogP contribution in [-0.2, 0) is 4.79 Å². The lowest BCUT2D eigenvalue weighted by Gasteiger charge is -2.39. The number of anilines is 1. The van der Waals surface area contributed by atoms with E-state index in [4.69, 9.17) is 0 Å². The van der Waals surface area contributed by atoms with Crippen LogP contribution in [0.15, 0.2) is 24.3 Å². The maximum Gasteiger partial charge on any atom is 0.329 e. The lowest BCUT2D eigenvalue weighted by atomic mass is 9.90. The predicted octanol–water partition coefficient (Wildman–Crippen LogP) is 3.07. The lowest BCUT2D eigenvalue weighted by molar-refractivity contribution is -0.143.